The summed E-state index contributed by atoms with van der Waals surface area (Å²) in [5.74, 6) is 0.875. The van der Waals surface area contributed by atoms with Crippen LogP contribution in [0.2, 0.25) is 0 Å². The maximum atomic E-state index is 12.0. The summed E-state index contributed by atoms with van der Waals surface area (Å²) >= 11 is 0. The van der Waals surface area contributed by atoms with Gasteiger partial charge in [-0.25, -0.2) is 4.79 Å². The lowest BCUT2D eigenvalue weighted by Gasteiger charge is -2.34. The first-order valence-corrected chi connectivity index (χ1v) is 7.72. The molecular formula is C16H25N3O2. The zero-order chi connectivity index (χ0) is 14.9. The summed E-state index contributed by atoms with van der Waals surface area (Å²) in [7, 11) is 0. The summed E-state index contributed by atoms with van der Waals surface area (Å²) in [5, 5.41) is 2.96. The maximum absolute atomic E-state index is 12.0. The van der Waals surface area contributed by atoms with Crippen LogP contribution in [0, 0.1) is 0 Å². The molecule has 1 heterocycles. The molecule has 5 heteroatoms. The molecule has 1 aromatic carbocycles. The predicted octanol–water partition coefficient (Wildman–Crippen LogP) is 1.80. The lowest BCUT2D eigenvalue weighted by molar-refractivity contribution is 0.142. The summed E-state index contributed by atoms with van der Waals surface area (Å²) < 4.78 is 5.59. The van der Waals surface area contributed by atoms with Crippen molar-refractivity contribution in [2.45, 2.75) is 13.3 Å². The second kappa shape index (κ2) is 8.52. The molecule has 2 rings (SSSR count). The topological polar surface area (TPSA) is 44.8 Å². The Hall–Kier alpha value is -1.75. The Kier molecular flexibility index (Phi) is 6.34. The van der Waals surface area contributed by atoms with Crippen LogP contribution in [0.4, 0.5) is 4.79 Å². The quantitative estimate of drug-likeness (QED) is 0.813. The second-order valence-electron chi connectivity index (χ2n) is 5.17. The number of hydrogen-bond donors (Lipinski definition) is 1. The molecule has 0 atom stereocenters. The number of ether oxygens (including phenoxy) is 1. The van der Waals surface area contributed by atoms with E-state index in [0.717, 1.165) is 44.9 Å². The van der Waals surface area contributed by atoms with Gasteiger partial charge in [0.15, 0.2) is 0 Å². The Balaban J connectivity index is 1.55. The molecule has 116 valence electrons. The van der Waals surface area contributed by atoms with E-state index in [9.17, 15) is 4.79 Å². The van der Waals surface area contributed by atoms with Crippen LogP contribution in [-0.2, 0) is 0 Å². The van der Waals surface area contributed by atoms with Crippen LogP contribution in [0.15, 0.2) is 30.3 Å². The molecule has 0 saturated carbocycles. The Morgan fingerprint density at radius 3 is 2.57 bits per heavy atom. The highest BCUT2D eigenvalue weighted by Gasteiger charge is 2.19. The van der Waals surface area contributed by atoms with Crippen molar-refractivity contribution in [1.82, 2.24) is 15.1 Å². The minimum absolute atomic E-state index is 0.0467. The third kappa shape index (κ3) is 5.27. The summed E-state index contributed by atoms with van der Waals surface area (Å²) in [6, 6.07) is 9.79. The van der Waals surface area contributed by atoms with Gasteiger partial charge in [0.05, 0.1) is 6.61 Å². The molecule has 1 aliphatic heterocycles. The van der Waals surface area contributed by atoms with Crippen LogP contribution < -0.4 is 10.1 Å². The maximum Gasteiger partial charge on any atom is 0.317 e. The van der Waals surface area contributed by atoms with Gasteiger partial charge in [0.25, 0.3) is 0 Å². The summed E-state index contributed by atoms with van der Waals surface area (Å²) in [6.07, 6.45) is 0.815. The number of hydrogen-bond acceptors (Lipinski definition) is 3. The van der Waals surface area contributed by atoms with Crippen LogP contribution in [-0.4, -0.2) is 61.7 Å². The summed E-state index contributed by atoms with van der Waals surface area (Å²) in [5.41, 5.74) is 0. The predicted molar refractivity (Wildman–Crippen MR) is 83.6 cm³/mol. The van der Waals surface area contributed by atoms with E-state index < -0.39 is 0 Å². The van der Waals surface area contributed by atoms with Crippen LogP contribution in [0.3, 0.4) is 0 Å². The van der Waals surface area contributed by atoms with Gasteiger partial charge in [-0.15, -0.1) is 0 Å². The fraction of sp³-hybridized carbons (Fsp3) is 0.562. The molecule has 0 spiro atoms. The number of piperazine rings is 1. The van der Waals surface area contributed by atoms with Gasteiger partial charge in [0.1, 0.15) is 5.75 Å². The van der Waals surface area contributed by atoms with E-state index in [0.29, 0.717) is 13.2 Å². The van der Waals surface area contributed by atoms with Gasteiger partial charge >= 0.3 is 6.03 Å². The third-order valence-electron chi connectivity index (χ3n) is 3.72. The molecule has 1 saturated heterocycles. The van der Waals surface area contributed by atoms with E-state index in [1.165, 1.54) is 0 Å². The SMILES string of the molecule is CCN1CCN(C(=O)NCCCOc2ccccc2)CC1. The Labute approximate surface area is 126 Å². The van der Waals surface area contributed by atoms with Gasteiger partial charge in [-0.2, -0.15) is 0 Å². The van der Waals surface area contributed by atoms with E-state index in [-0.39, 0.29) is 6.03 Å². The molecule has 0 aliphatic carbocycles. The molecule has 21 heavy (non-hydrogen) atoms. The van der Waals surface area contributed by atoms with Crippen molar-refractivity contribution in [1.29, 1.82) is 0 Å². The number of nitrogens with one attached hydrogen (secondary N) is 1. The molecular weight excluding hydrogens is 266 g/mol. The molecule has 0 unspecified atom stereocenters. The molecule has 1 N–H and O–H groups in total. The van der Waals surface area contributed by atoms with Crippen molar-refractivity contribution in [3.63, 3.8) is 0 Å². The van der Waals surface area contributed by atoms with Gasteiger partial charge in [-0.05, 0) is 25.1 Å². The zero-order valence-electron chi connectivity index (χ0n) is 12.8. The highest BCUT2D eigenvalue weighted by Crippen LogP contribution is 2.08. The molecule has 0 aromatic heterocycles. The first kappa shape index (κ1) is 15.6. The number of carbonyl (C=O) groups is 1. The molecule has 0 radical (unpaired) electrons. The second-order valence-corrected chi connectivity index (χ2v) is 5.17. The van der Waals surface area contributed by atoms with Crippen LogP contribution >= 0.6 is 0 Å². The van der Waals surface area contributed by atoms with Gasteiger partial charge in [-0.1, -0.05) is 25.1 Å². The highest BCUT2D eigenvalue weighted by atomic mass is 16.5. The minimum atomic E-state index is 0.0467. The molecule has 1 fully saturated rings. The number of rotatable bonds is 6. The van der Waals surface area contributed by atoms with Gasteiger partial charge in [-0.3, -0.25) is 0 Å². The van der Waals surface area contributed by atoms with E-state index in [2.05, 4.69) is 17.1 Å². The molecule has 2 amide bonds. The first-order valence-electron chi connectivity index (χ1n) is 7.72. The lowest BCUT2D eigenvalue weighted by atomic mass is 10.3. The highest BCUT2D eigenvalue weighted by molar-refractivity contribution is 5.74. The van der Waals surface area contributed by atoms with E-state index in [4.69, 9.17) is 4.74 Å². The number of amides is 2. The molecule has 1 aromatic rings. The normalized spacial score (nSPS) is 15.8. The smallest absolute Gasteiger partial charge is 0.317 e. The Morgan fingerprint density at radius 2 is 1.90 bits per heavy atom. The fourth-order valence-corrected chi connectivity index (χ4v) is 2.35. The number of nitrogens with zero attached hydrogens (tertiary/aromatic N) is 2. The largest absolute Gasteiger partial charge is 0.494 e. The number of urea groups is 1. The molecule has 5 nitrogen and oxygen atoms in total. The van der Waals surface area contributed by atoms with E-state index in [1.807, 2.05) is 35.2 Å². The van der Waals surface area contributed by atoms with Crippen molar-refractivity contribution in [2.75, 3.05) is 45.9 Å². The Bertz CT molecular complexity index is 417. The number of benzene rings is 1. The van der Waals surface area contributed by atoms with Crippen molar-refractivity contribution < 1.29 is 9.53 Å². The number of para-hydroxylation sites is 1. The van der Waals surface area contributed by atoms with Crippen molar-refractivity contribution in [3.05, 3.63) is 30.3 Å². The van der Waals surface area contributed by atoms with Gasteiger partial charge < -0.3 is 19.9 Å². The summed E-state index contributed by atoms with van der Waals surface area (Å²) in [4.78, 5) is 16.2. The average Bonchev–Trinajstić information content (AvgIpc) is 2.55. The average molecular weight is 291 g/mol. The molecule has 1 aliphatic rings. The zero-order valence-corrected chi connectivity index (χ0v) is 12.8. The van der Waals surface area contributed by atoms with Gasteiger partial charge in [0, 0.05) is 32.7 Å². The van der Waals surface area contributed by atoms with Gasteiger partial charge in [0.2, 0.25) is 0 Å². The first-order chi connectivity index (χ1) is 10.3. The molecule has 0 bridgehead atoms. The minimum Gasteiger partial charge on any atom is -0.494 e. The van der Waals surface area contributed by atoms with Crippen molar-refractivity contribution in [2.24, 2.45) is 0 Å². The van der Waals surface area contributed by atoms with Crippen molar-refractivity contribution in [3.8, 4) is 5.75 Å². The van der Waals surface area contributed by atoms with Crippen molar-refractivity contribution >= 4 is 6.03 Å². The summed E-state index contributed by atoms with van der Waals surface area (Å²) in [6.45, 7) is 8.07. The lowest BCUT2D eigenvalue weighted by Crippen LogP contribution is -2.51. The monoisotopic (exact) mass is 291 g/mol. The standard InChI is InChI=1S/C16H25N3O2/c1-2-18-10-12-19(13-11-18)16(20)17-9-6-14-21-15-7-4-3-5-8-15/h3-5,7-8H,2,6,9-14H2,1H3,(H,17,20). The van der Waals surface area contributed by atoms with E-state index in [1.54, 1.807) is 0 Å². The van der Waals surface area contributed by atoms with Crippen LogP contribution in [0.1, 0.15) is 13.3 Å². The van der Waals surface area contributed by atoms with E-state index >= 15 is 0 Å². The number of carbonyl (C=O) groups excluding carboxylic acids is 1. The van der Waals surface area contributed by atoms with Crippen LogP contribution in [0.5, 0.6) is 5.75 Å². The Morgan fingerprint density at radius 1 is 1.19 bits per heavy atom. The third-order valence-corrected chi connectivity index (χ3v) is 3.72. The fourth-order valence-electron chi connectivity index (χ4n) is 2.35. The van der Waals surface area contributed by atoms with Crippen LogP contribution in [0.25, 0.3) is 0 Å². The number of likely N-dealkylation sites (N-methyl/N-ethyl adjacent to an activating group) is 1.